The number of nitro groups is 1. The van der Waals surface area contributed by atoms with E-state index in [1.165, 1.54) is 23.5 Å². The molecule has 1 aromatic carbocycles. The number of hydrogen-bond donors (Lipinski definition) is 0. The molecule has 0 aliphatic heterocycles. The number of allylic oxidation sites excluding steroid dienone is 1. The van der Waals surface area contributed by atoms with Gasteiger partial charge in [0.05, 0.1) is 10.6 Å². The summed E-state index contributed by atoms with van der Waals surface area (Å²) in [5.41, 5.74) is 2.52. The summed E-state index contributed by atoms with van der Waals surface area (Å²) in [7, 11) is 0. The normalized spacial score (nSPS) is 11.0. The van der Waals surface area contributed by atoms with Gasteiger partial charge in [-0.15, -0.1) is 11.3 Å². The van der Waals surface area contributed by atoms with E-state index in [2.05, 4.69) is 4.98 Å². The first-order chi connectivity index (χ1) is 11.5. The molecule has 5 nitrogen and oxygen atoms in total. The number of nitro benzene ring substituents is 1. The van der Waals surface area contributed by atoms with Gasteiger partial charge in [0.25, 0.3) is 5.69 Å². The van der Waals surface area contributed by atoms with Gasteiger partial charge < -0.3 is 0 Å². The van der Waals surface area contributed by atoms with Crippen LogP contribution in [0.25, 0.3) is 16.6 Å². The lowest BCUT2D eigenvalue weighted by Crippen LogP contribution is -1.98. The topological polar surface area (TPSA) is 73.1 Å². The summed E-state index contributed by atoms with van der Waals surface area (Å²) in [4.78, 5) is 27.1. The van der Waals surface area contributed by atoms with Crippen molar-refractivity contribution in [3.8, 4) is 10.6 Å². The third-order valence-corrected chi connectivity index (χ3v) is 4.98. The Hall–Kier alpha value is -2.64. The van der Waals surface area contributed by atoms with Crippen molar-refractivity contribution in [2.75, 3.05) is 0 Å². The van der Waals surface area contributed by atoms with E-state index in [-0.39, 0.29) is 17.0 Å². The minimum Gasteiger partial charge on any atom is -0.289 e. The van der Waals surface area contributed by atoms with Crippen molar-refractivity contribution < 1.29 is 9.72 Å². The monoisotopic (exact) mass is 356 g/mol. The van der Waals surface area contributed by atoms with Gasteiger partial charge in [-0.1, -0.05) is 12.1 Å². The van der Waals surface area contributed by atoms with Gasteiger partial charge >= 0.3 is 0 Å². The van der Waals surface area contributed by atoms with Gasteiger partial charge in [-0.25, -0.2) is 4.98 Å². The molecule has 2 heterocycles. The van der Waals surface area contributed by atoms with Gasteiger partial charge in [0.1, 0.15) is 5.01 Å². The van der Waals surface area contributed by atoms with Gasteiger partial charge in [0.15, 0.2) is 5.78 Å². The molecule has 3 aromatic rings. The quantitative estimate of drug-likeness (QED) is 0.279. The number of thiophene rings is 1. The average Bonchev–Trinajstić information content (AvgIpc) is 3.24. The van der Waals surface area contributed by atoms with Crippen molar-refractivity contribution in [3.05, 3.63) is 73.4 Å². The highest BCUT2D eigenvalue weighted by molar-refractivity contribution is 7.14. The molecule has 0 radical (unpaired) electrons. The molecule has 0 N–H and O–H groups in total. The average molecular weight is 356 g/mol. The number of carbonyl (C=O) groups excluding carboxylic acids is 1. The maximum Gasteiger partial charge on any atom is 0.273 e. The highest BCUT2D eigenvalue weighted by Gasteiger charge is 2.13. The molecule has 0 atom stereocenters. The van der Waals surface area contributed by atoms with Crippen molar-refractivity contribution >= 4 is 40.2 Å². The van der Waals surface area contributed by atoms with Crippen LogP contribution in [-0.4, -0.2) is 15.7 Å². The zero-order chi connectivity index (χ0) is 17.1. The Morgan fingerprint density at radius 2 is 2.12 bits per heavy atom. The molecule has 0 amide bonds. The Balaban J connectivity index is 1.78. The predicted octanol–water partition coefficient (Wildman–Crippen LogP) is 4.98. The van der Waals surface area contributed by atoms with Crippen LogP contribution in [0.4, 0.5) is 5.69 Å². The first kappa shape index (κ1) is 16.2. The number of aryl methyl sites for hydroxylation is 1. The van der Waals surface area contributed by atoms with Crippen molar-refractivity contribution in [2.45, 2.75) is 6.92 Å². The SMILES string of the molecule is Cc1ccc(C(=O)C=Cc2csc(-c3ccsc3)n2)cc1[N+](=O)[O-]. The minimum absolute atomic E-state index is 0.0531. The number of thiazole rings is 1. The number of nitrogens with zero attached hydrogens (tertiary/aromatic N) is 2. The van der Waals surface area contributed by atoms with E-state index >= 15 is 0 Å². The van der Waals surface area contributed by atoms with Crippen LogP contribution in [0, 0.1) is 17.0 Å². The number of aromatic nitrogens is 1. The van der Waals surface area contributed by atoms with Gasteiger partial charge in [0.2, 0.25) is 0 Å². The minimum atomic E-state index is -0.483. The maximum absolute atomic E-state index is 12.2. The van der Waals surface area contributed by atoms with Gasteiger partial charge in [-0.3, -0.25) is 14.9 Å². The van der Waals surface area contributed by atoms with Crippen LogP contribution in [-0.2, 0) is 0 Å². The molecule has 2 aromatic heterocycles. The number of benzene rings is 1. The highest BCUT2D eigenvalue weighted by atomic mass is 32.1. The molecule has 0 bridgehead atoms. The van der Waals surface area contributed by atoms with Crippen molar-refractivity contribution in [2.24, 2.45) is 0 Å². The fourth-order valence-electron chi connectivity index (χ4n) is 2.10. The second-order valence-electron chi connectivity index (χ2n) is 5.05. The molecule has 3 rings (SSSR count). The fourth-order valence-corrected chi connectivity index (χ4v) is 3.60. The van der Waals surface area contributed by atoms with E-state index < -0.39 is 4.92 Å². The van der Waals surface area contributed by atoms with E-state index in [0.29, 0.717) is 11.3 Å². The molecule has 0 unspecified atom stereocenters. The number of hydrogen-bond acceptors (Lipinski definition) is 6. The molecule has 0 saturated carbocycles. The largest absolute Gasteiger partial charge is 0.289 e. The van der Waals surface area contributed by atoms with Crippen molar-refractivity contribution in [3.63, 3.8) is 0 Å². The van der Waals surface area contributed by atoms with Gasteiger partial charge in [0, 0.05) is 33.5 Å². The zero-order valence-corrected chi connectivity index (χ0v) is 14.3. The first-order valence-electron chi connectivity index (χ1n) is 7.00. The summed E-state index contributed by atoms with van der Waals surface area (Å²) in [6.45, 7) is 1.64. The molecular weight excluding hydrogens is 344 g/mol. The standard InChI is InChI=1S/C17H12N2O3S2/c1-11-2-3-12(8-15(11)19(21)22)16(20)5-4-14-10-24-17(18-14)13-6-7-23-9-13/h2-10H,1H3. The van der Waals surface area contributed by atoms with E-state index in [1.807, 2.05) is 22.2 Å². The van der Waals surface area contributed by atoms with Crippen LogP contribution in [0.3, 0.4) is 0 Å². The Morgan fingerprint density at radius 3 is 2.83 bits per heavy atom. The molecule has 24 heavy (non-hydrogen) atoms. The number of carbonyl (C=O) groups is 1. The lowest BCUT2D eigenvalue weighted by atomic mass is 10.1. The zero-order valence-electron chi connectivity index (χ0n) is 12.6. The maximum atomic E-state index is 12.2. The molecule has 7 heteroatoms. The second-order valence-corrected chi connectivity index (χ2v) is 6.68. The van der Waals surface area contributed by atoms with E-state index in [0.717, 1.165) is 10.6 Å². The van der Waals surface area contributed by atoms with Gasteiger partial charge in [-0.05, 0) is 30.5 Å². The first-order valence-corrected chi connectivity index (χ1v) is 8.82. The Bertz CT molecular complexity index is 927. The van der Waals surface area contributed by atoms with Crippen LogP contribution in [0.1, 0.15) is 21.6 Å². The van der Waals surface area contributed by atoms with Crippen molar-refractivity contribution in [1.29, 1.82) is 0 Å². The van der Waals surface area contributed by atoms with Crippen LogP contribution >= 0.6 is 22.7 Å². The smallest absolute Gasteiger partial charge is 0.273 e. The summed E-state index contributed by atoms with van der Waals surface area (Å²) < 4.78 is 0. The lowest BCUT2D eigenvalue weighted by Gasteiger charge is -1.99. The molecule has 0 saturated heterocycles. The Labute approximate surface area is 146 Å². The summed E-state index contributed by atoms with van der Waals surface area (Å²) in [5.74, 6) is -0.289. The van der Waals surface area contributed by atoms with E-state index in [4.69, 9.17) is 0 Å². The number of ketones is 1. The summed E-state index contributed by atoms with van der Waals surface area (Å²) >= 11 is 3.11. The Kier molecular flexibility index (Phi) is 4.64. The third kappa shape index (κ3) is 3.47. The molecular formula is C17H12N2O3S2. The molecule has 0 fully saturated rings. The molecule has 0 aliphatic carbocycles. The van der Waals surface area contributed by atoms with E-state index in [1.54, 1.807) is 36.5 Å². The van der Waals surface area contributed by atoms with Crippen LogP contribution < -0.4 is 0 Å². The molecule has 0 spiro atoms. The second kappa shape index (κ2) is 6.86. The summed E-state index contributed by atoms with van der Waals surface area (Å²) in [6.07, 6.45) is 3.02. The summed E-state index contributed by atoms with van der Waals surface area (Å²) in [5, 5.41) is 17.7. The van der Waals surface area contributed by atoms with Gasteiger partial charge in [-0.2, -0.15) is 11.3 Å². The Morgan fingerprint density at radius 1 is 1.29 bits per heavy atom. The highest BCUT2D eigenvalue weighted by Crippen LogP contribution is 2.26. The third-order valence-electron chi connectivity index (χ3n) is 3.39. The van der Waals surface area contributed by atoms with Crippen molar-refractivity contribution in [1.82, 2.24) is 4.98 Å². The molecule has 120 valence electrons. The predicted molar refractivity (Wildman–Crippen MR) is 96.6 cm³/mol. The number of rotatable bonds is 5. The van der Waals surface area contributed by atoms with Crippen LogP contribution in [0.15, 0.2) is 46.5 Å². The fraction of sp³-hybridized carbons (Fsp3) is 0.0588. The van der Waals surface area contributed by atoms with Crippen LogP contribution in [0.2, 0.25) is 0 Å². The van der Waals surface area contributed by atoms with E-state index in [9.17, 15) is 14.9 Å². The molecule has 0 aliphatic rings. The summed E-state index contributed by atoms with van der Waals surface area (Å²) in [6, 6.07) is 6.47. The van der Waals surface area contributed by atoms with Crippen LogP contribution in [0.5, 0.6) is 0 Å². The lowest BCUT2D eigenvalue weighted by molar-refractivity contribution is -0.385.